The zero-order valence-electron chi connectivity index (χ0n) is 7.13. The SMILES string of the molecule is C#Cc1cc(C(C)C)cc(Cl)n1. The molecule has 12 heavy (non-hydrogen) atoms. The molecule has 1 aromatic heterocycles. The number of hydrogen-bond acceptors (Lipinski definition) is 1. The highest BCUT2D eigenvalue weighted by Gasteiger charge is 2.02. The molecule has 62 valence electrons. The van der Waals surface area contributed by atoms with E-state index in [4.69, 9.17) is 18.0 Å². The Bertz CT molecular complexity index is 323. The Morgan fingerprint density at radius 3 is 2.67 bits per heavy atom. The summed E-state index contributed by atoms with van der Waals surface area (Å²) < 4.78 is 0. The average Bonchev–Trinajstić information content (AvgIpc) is 2.03. The van der Waals surface area contributed by atoms with E-state index in [1.165, 1.54) is 0 Å². The minimum Gasteiger partial charge on any atom is -0.228 e. The fourth-order valence-electron chi connectivity index (χ4n) is 0.924. The van der Waals surface area contributed by atoms with Crippen LogP contribution in [0.4, 0.5) is 0 Å². The van der Waals surface area contributed by atoms with Gasteiger partial charge in [0.2, 0.25) is 0 Å². The van der Waals surface area contributed by atoms with Crippen molar-refractivity contribution >= 4 is 11.6 Å². The highest BCUT2D eigenvalue weighted by molar-refractivity contribution is 6.29. The smallest absolute Gasteiger partial charge is 0.130 e. The van der Waals surface area contributed by atoms with Crippen LogP contribution >= 0.6 is 11.6 Å². The number of hydrogen-bond donors (Lipinski definition) is 0. The molecular formula is C10H10ClN. The summed E-state index contributed by atoms with van der Waals surface area (Å²) in [5, 5.41) is 0.467. The van der Waals surface area contributed by atoms with E-state index < -0.39 is 0 Å². The average molecular weight is 180 g/mol. The molecule has 0 aliphatic heterocycles. The van der Waals surface area contributed by atoms with E-state index in [0.717, 1.165) is 5.56 Å². The van der Waals surface area contributed by atoms with E-state index in [0.29, 0.717) is 16.8 Å². The third kappa shape index (κ3) is 1.99. The van der Waals surface area contributed by atoms with Crippen LogP contribution in [0, 0.1) is 12.3 Å². The van der Waals surface area contributed by atoms with Gasteiger partial charge in [-0.25, -0.2) is 4.98 Å². The summed E-state index contributed by atoms with van der Waals surface area (Å²) in [5.41, 5.74) is 1.73. The van der Waals surface area contributed by atoms with Crippen molar-refractivity contribution in [1.82, 2.24) is 4.98 Å². The Hall–Kier alpha value is -1.00. The van der Waals surface area contributed by atoms with Gasteiger partial charge in [-0.15, -0.1) is 6.42 Å². The molecule has 1 nitrogen and oxygen atoms in total. The van der Waals surface area contributed by atoms with Gasteiger partial charge in [0.1, 0.15) is 10.8 Å². The number of terminal acetylenes is 1. The first kappa shape index (κ1) is 9.09. The normalized spacial score (nSPS) is 9.92. The van der Waals surface area contributed by atoms with Crippen LogP contribution in [0.25, 0.3) is 0 Å². The number of aromatic nitrogens is 1. The van der Waals surface area contributed by atoms with Gasteiger partial charge in [0.05, 0.1) is 0 Å². The molecular weight excluding hydrogens is 170 g/mol. The summed E-state index contributed by atoms with van der Waals surface area (Å²) in [6.45, 7) is 4.18. The largest absolute Gasteiger partial charge is 0.228 e. The van der Waals surface area contributed by atoms with Crippen LogP contribution in [0.1, 0.15) is 31.0 Å². The quantitative estimate of drug-likeness (QED) is 0.477. The zero-order valence-corrected chi connectivity index (χ0v) is 7.89. The van der Waals surface area contributed by atoms with Gasteiger partial charge in [0, 0.05) is 0 Å². The lowest BCUT2D eigenvalue weighted by atomic mass is 10.0. The van der Waals surface area contributed by atoms with Crippen molar-refractivity contribution in [1.29, 1.82) is 0 Å². The first-order valence-electron chi connectivity index (χ1n) is 3.77. The molecule has 0 aliphatic carbocycles. The van der Waals surface area contributed by atoms with Crippen LogP contribution < -0.4 is 0 Å². The molecule has 0 saturated carbocycles. The topological polar surface area (TPSA) is 12.9 Å². The Balaban J connectivity index is 3.17. The molecule has 0 spiro atoms. The Morgan fingerprint density at radius 1 is 1.50 bits per heavy atom. The van der Waals surface area contributed by atoms with Crippen LogP contribution in [0.5, 0.6) is 0 Å². The van der Waals surface area contributed by atoms with Gasteiger partial charge in [-0.1, -0.05) is 31.4 Å². The maximum Gasteiger partial charge on any atom is 0.130 e. The van der Waals surface area contributed by atoms with Gasteiger partial charge < -0.3 is 0 Å². The highest BCUT2D eigenvalue weighted by Crippen LogP contribution is 2.18. The highest BCUT2D eigenvalue weighted by atomic mass is 35.5. The molecule has 0 fully saturated rings. The van der Waals surface area contributed by atoms with Gasteiger partial charge in [0.25, 0.3) is 0 Å². The monoisotopic (exact) mass is 179 g/mol. The second-order valence-corrected chi connectivity index (χ2v) is 3.29. The van der Waals surface area contributed by atoms with Crippen molar-refractivity contribution in [2.24, 2.45) is 0 Å². The second-order valence-electron chi connectivity index (χ2n) is 2.91. The molecule has 0 amide bonds. The predicted molar refractivity (Wildman–Crippen MR) is 51.3 cm³/mol. The van der Waals surface area contributed by atoms with E-state index in [1.54, 1.807) is 0 Å². The fourth-order valence-corrected chi connectivity index (χ4v) is 1.14. The zero-order chi connectivity index (χ0) is 9.14. The lowest BCUT2D eigenvalue weighted by Gasteiger charge is -2.05. The molecule has 0 radical (unpaired) electrons. The number of pyridine rings is 1. The van der Waals surface area contributed by atoms with Crippen molar-refractivity contribution in [2.45, 2.75) is 19.8 Å². The molecule has 1 heterocycles. The molecule has 0 unspecified atom stereocenters. The van der Waals surface area contributed by atoms with Gasteiger partial charge in [0.15, 0.2) is 0 Å². The molecule has 1 aromatic rings. The van der Waals surface area contributed by atoms with Gasteiger partial charge in [-0.05, 0) is 23.6 Å². The van der Waals surface area contributed by atoms with Gasteiger partial charge >= 0.3 is 0 Å². The van der Waals surface area contributed by atoms with Crippen molar-refractivity contribution < 1.29 is 0 Å². The summed E-state index contributed by atoms with van der Waals surface area (Å²) in [5.74, 6) is 2.90. The van der Waals surface area contributed by atoms with Crippen molar-refractivity contribution in [3.05, 3.63) is 28.5 Å². The van der Waals surface area contributed by atoms with Gasteiger partial charge in [-0.3, -0.25) is 0 Å². The number of rotatable bonds is 1. The van der Waals surface area contributed by atoms with Crippen LogP contribution in [0.15, 0.2) is 12.1 Å². The van der Waals surface area contributed by atoms with Crippen LogP contribution in [-0.4, -0.2) is 4.98 Å². The maximum absolute atomic E-state index is 5.77. The summed E-state index contributed by atoms with van der Waals surface area (Å²) >= 11 is 5.77. The molecule has 1 rings (SSSR count). The lowest BCUT2D eigenvalue weighted by Crippen LogP contribution is -1.91. The van der Waals surface area contributed by atoms with Crippen molar-refractivity contribution in [2.75, 3.05) is 0 Å². The molecule has 0 saturated heterocycles. The second kappa shape index (κ2) is 3.60. The fraction of sp³-hybridized carbons (Fsp3) is 0.300. The minimum atomic E-state index is 0.428. The summed E-state index contributed by atoms with van der Waals surface area (Å²) in [7, 11) is 0. The van der Waals surface area contributed by atoms with E-state index >= 15 is 0 Å². The molecule has 0 atom stereocenters. The Morgan fingerprint density at radius 2 is 2.17 bits per heavy atom. The molecule has 2 heteroatoms. The van der Waals surface area contributed by atoms with Crippen LogP contribution in [0.3, 0.4) is 0 Å². The Labute approximate surface area is 77.8 Å². The minimum absolute atomic E-state index is 0.428. The summed E-state index contributed by atoms with van der Waals surface area (Å²) in [6.07, 6.45) is 5.22. The maximum atomic E-state index is 5.77. The summed E-state index contributed by atoms with van der Waals surface area (Å²) in [4.78, 5) is 3.96. The van der Waals surface area contributed by atoms with Crippen LogP contribution in [-0.2, 0) is 0 Å². The van der Waals surface area contributed by atoms with E-state index in [9.17, 15) is 0 Å². The molecule has 0 bridgehead atoms. The van der Waals surface area contributed by atoms with Crippen LogP contribution in [0.2, 0.25) is 5.15 Å². The standard InChI is InChI=1S/C10H10ClN/c1-4-9-5-8(7(2)3)6-10(11)12-9/h1,5-7H,2-3H3. The van der Waals surface area contributed by atoms with Crippen molar-refractivity contribution in [3.8, 4) is 12.3 Å². The number of nitrogens with zero attached hydrogens (tertiary/aromatic N) is 1. The number of halogens is 1. The molecule has 0 N–H and O–H groups in total. The molecule has 0 aromatic carbocycles. The lowest BCUT2D eigenvalue weighted by molar-refractivity contribution is 0.862. The summed E-state index contributed by atoms with van der Waals surface area (Å²) in [6, 6.07) is 3.73. The van der Waals surface area contributed by atoms with E-state index in [1.807, 2.05) is 12.1 Å². The predicted octanol–water partition coefficient (Wildman–Crippen LogP) is 2.84. The first-order valence-corrected chi connectivity index (χ1v) is 4.15. The molecule has 0 aliphatic rings. The van der Waals surface area contributed by atoms with E-state index in [-0.39, 0.29) is 0 Å². The van der Waals surface area contributed by atoms with Gasteiger partial charge in [-0.2, -0.15) is 0 Å². The first-order chi connectivity index (χ1) is 5.63. The van der Waals surface area contributed by atoms with E-state index in [2.05, 4.69) is 24.8 Å². The third-order valence-corrected chi connectivity index (χ3v) is 1.82. The third-order valence-electron chi connectivity index (χ3n) is 1.63. The van der Waals surface area contributed by atoms with Crippen molar-refractivity contribution in [3.63, 3.8) is 0 Å². The Kier molecular flexibility index (Phi) is 2.73.